The van der Waals surface area contributed by atoms with Crippen molar-refractivity contribution in [3.63, 3.8) is 0 Å². The molecule has 0 atom stereocenters. The molecule has 0 saturated heterocycles. The minimum atomic E-state index is -4.95. The first-order chi connectivity index (χ1) is 16.8. The highest BCUT2D eigenvalue weighted by Crippen LogP contribution is 2.42. The summed E-state index contributed by atoms with van der Waals surface area (Å²) in [6.45, 7) is 0. The number of hydrogen-bond acceptors (Lipinski definition) is 6. The molecule has 2 aromatic carbocycles. The van der Waals surface area contributed by atoms with Crippen LogP contribution in [-0.4, -0.2) is 35.9 Å². The van der Waals surface area contributed by atoms with Crippen molar-refractivity contribution in [2.45, 2.75) is 25.1 Å². The molecule has 0 unspecified atom stereocenters. The molecule has 176 valence electrons. The molecule has 12 heteroatoms. The molecule has 1 fully saturated rings. The van der Waals surface area contributed by atoms with Crippen LogP contribution in [0.3, 0.4) is 0 Å². The third kappa shape index (κ3) is 3.91. The Balaban J connectivity index is 1.54. The van der Waals surface area contributed by atoms with Crippen LogP contribution in [0.15, 0.2) is 55.1 Å². The number of rotatable bonds is 4. The second kappa shape index (κ2) is 7.84. The monoisotopic (exact) mass is 499 g/mol. The molecule has 3 aromatic heterocycles. The predicted octanol–water partition coefficient (Wildman–Crippen LogP) is 6.06. The number of anilines is 2. The summed E-state index contributed by atoms with van der Waals surface area (Å²) >= 11 is 6.10. The maximum Gasteiger partial charge on any atom is 0.490 e. The molecule has 1 aliphatic carbocycles. The first-order valence-corrected chi connectivity index (χ1v) is 10.9. The topological polar surface area (TPSA) is 72.1 Å². The molecule has 7 nitrogen and oxygen atoms in total. The summed E-state index contributed by atoms with van der Waals surface area (Å²) < 4.78 is 59.6. The van der Waals surface area contributed by atoms with E-state index >= 15 is 0 Å². The maximum absolute atomic E-state index is 14.7. The highest BCUT2D eigenvalue weighted by Gasteiger charge is 2.41. The van der Waals surface area contributed by atoms with E-state index in [1.54, 1.807) is 6.20 Å². The van der Waals surface area contributed by atoms with E-state index in [9.17, 15) is 17.6 Å². The minimum absolute atomic E-state index is 0.0104. The van der Waals surface area contributed by atoms with Crippen LogP contribution in [0.25, 0.3) is 27.9 Å². The van der Waals surface area contributed by atoms with E-state index in [1.165, 1.54) is 41.2 Å². The summed E-state index contributed by atoms with van der Waals surface area (Å²) in [5.74, 6) is -1.06. The Morgan fingerprint density at radius 1 is 1.03 bits per heavy atom. The summed E-state index contributed by atoms with van der Waals surface area (Å²) in [6.07, 6.45) is 1.46. The van der Waals surface area contributed by atoms with E-state index in [2.05, 4.69) is 25.1 Å². The van der Waals surface area contributed by atoms with Gasteiger partial charge in [0.1, 0.15) is 12.1 Å². The zero-order valence-corrected chi connectivity index (χ0v) is 18.5. The zero-order chi connectivity index (χ0) is 24.3. The molecule has 3 heterocycles. The number of halogens is 5. The lowest BCUT2D eigenvalue weighted by Gasteiger charge is -2.27. The lowest BCUT2D eigenvalue weighted by Crippen LogP contribution is -2.34. The number of fused-ring (bicyclic) bond motifs is 3. The normalized spacial score (nSPS) is 14.1. The van der Waals surface area contributed by atoms with Gasteiger partial charge in [-0.2, -0.15) is 4.98 Å². The van der Waals surface area contributed by atoms with Crippen molar-refractivity contribution in [1.82, 2.24) is 29.5 Å². The van der Waals surface area contributed by atoms with Gasteiger partial charge in [0.05, 0.1) is 28.8 Å². The van der Waals surface area contributed by atoms with Crippen molar-refractivity contribution in [3.05, 3.63) is 71.7 Å². The summed E-state index contributed by atoms with van der Waals surface area (Å²) in [4.78, 5) is 12.8. The van der Waals surface area contributed by atoms with Gasteiger partial charge in [-0.05, 0) is 49.2 Å². The van der Waals surface area contributed by atoms with E-state index in [-0.39, 0.29) is 27.3 Å². The van der Waals surface area contributed by atoms with Gasteiger partial charge in [-0.25, -0.2) is 9.29 Å². The SMILES string of the molecule is Fc1cc(-c2cnc(C3CC3)cn2)cc(N(c2nc3nncn3c3cc(Cl)ccc23)C(F)(F)F)c1. The predicted molar refractivity (Wildman–Crippen MR) is 121 cm³/mol. The van der Waals surface area contributed by atoms with Crippen LogP contribution >= 0.6 is 11.6 Å². The molecular formula is C23H14ClF4N7. The van der Waals surface area contributed by atoms with Crippen LogP contribution < -0.4 is 4.90 Å². The Hall–Kier alpha value is -3.86. The molecule has 35 heavy (non-hydrogen) atoms. The number of nitrogens with zero attached hydrogens (tertiary/aromatic N) is 7. The second-order valence-corrected chi connectivity index (χ2v) is 8.64. The molecule has 0 radical (unpaired) electrons. The van der Waals surface area contributed by atoms with E-state index in [0.29, 0.717) is 16.5 Å². The Morgan fingerprint density at radius 3 is 2.57 bits per heavy atom. The minimum Gasteiger partial charge on any atom is -0.265 e. The molecule has 0 N–H and O–H groups in total. The standard InChI is InChI=1S/C23H14ClF4N7/c24-14-3-4-17-20(7-14)34-11-31-33-22(34)32-21(17)35(23(26,27)28)16-6-13(5-15(25)8-16)19-10-29-18(9-30-19)12-1-2-12/h3-12H,1-2H2. The van der Waals surface area contributed by atoms with E-state index in [0.717, 1.165) is 30.7 Å². The first kappa shape index (κ1) is 21.7. The van der Waals surface area contributed by atoms with Gasteiger partial charge in [-0.15, -0.1) is 23.4 Å². The molecule has 0 amide bonds. The van der Waals surface area contributed by atoms with Crippen molar-refractivity contribution in [1.29, 1.82) is 0 Å². The number of benzene rings is 2. The molecule has 6 rings (SSSR count). The van der Waals surface area contributed by atoms with Crippen molar-refractivity contribution in [2.24, 2.45) is 0 Å². The lowest BCUT2D eigenvalue weighted by molar-refractivity contribution is -0.121. The van der Waals surface area contributed by atoms with Crippen molar-refractivity contribution in [3.8, 4) is 11.3 Å². The first-order valence-electron chi connectivity index (χ1n) is 10.6. The number of hydrogen-bond donors (Lipinski definition) is 0. The number of aromatic nitrogens is 6. The fraction of sp³-hybridized carbons (Fsp3) is 0.174. The van der Waals surface area contributed by atoms with Crippen molar-refractivity contribution < 1.29 is 17.6 Å². The van der Waals surface area contributed by atoms with Crippen LogP contribution in [-0.2, 0) is 0 Å². The average molecular weight is 500 g/mol. The Bertz CT molecular complexity index is 1580. The van der Waals surface area contributed by atoms with Crippen LogP contribution in [0.5, 0.6) is 0 Å². The molecule has 1 saturated carbocycles. The Labute approximate surface area is 200 Å². The van der Waals surface area contributed by atoms with E-state index < -0.39 is 23.6 Å². The maximum atomic E-state index is 14.7. The molecular weight excluding hydrogens is 486 g/mol. The highest BCUT2D eigenvalue weighted by atomic mass is 35.5. The number of alkyl halides is 3. The van der Waals surface area contributed by atoms with Gasteiger partial charge in [0.2, 0.25) is 0 Å². The van der Waals surface area contributed by atoms with Crippen LogP contribution in [0.1, 0.15) is 24.5 Å². The van der Waals surface area contributed by atoms with Crippen LogP contribution in [0.2, 0.25) is 5.02 Å². The fourth-order valence-corrected chi connectivity index (χ4v) is 4.18. The largest absolute Gasteiger partial charge is 0.490 e. The smallest absolute Gasteiger partial charge is 0.265 e. The van der Waals surface area contributed by atoms with Gasteiger partial charge >= 0.3 is 6.30 Å². The van der Waals surface area contributed by atoms with Gasteiger partial charge in [-0.1, -0.05) is 11.6 Å². The highest BCUT2D eigenvalue weighted by molar-refractivity contribution is 6.31. The van der Waals surface area contributed by atoms with Crippen LogP contribution in [0.4, 0.5) is 29.1 Å². The molecule has 5 aromatic rings. The van der Waals surface area contributed by atoms with Crippen molar-refractivity contribution >= 4 is 39.8 Å². The molecule has 0 aliphatic heterocycles. The quantitative estimate of drug-likeness (QED) is 0.221. The van der Waals surface area contributed by atoms with Gasteiger partial charge < -0.3 is 0 Å². The summed E-state index contributed by atoms with van der Waals surface area (Å²) in [7, 11) is 0. The molecule has 0 spiro atoms. The van der Waals surface area contributed by atoms with Crippen molar-refractivity contribution in [2.75, 3.05) is 4.90 Å². The fourth-order valence-electron chi connectivity index (χ4n) is 4.01. The molecule has 0 bridgehead atoms. The zero-order valence-electron chi connectivity index (χ0n) is 17.7. The van der Waals surface area contributed by atoms with Gasteiger partial charge in [0.15, 0.2) is 5.82 Å². The third-order valence-electron chi connectivity index (χ3n) is 5.77. The van der Waals surface area contributed by atoms with Gasteiger partial charge in [-0.3, -0.25) is 14.4 Å². The van der Waals surface area contributed by atoms with E-state index in [1.807, 2.05) is 0 Å². The second-order valence-electron chi connectivity index (χ2n) is 8.20. The Morgan fingerprint density at radius 2 is 1.86 bits per heavy atom. The lowest BCUT2D eigenvalue weighted by atomic mass is 10.1. The average Bonchev–Trinajstić information content (AvgIpc) is 3.55. The summed E-state index contributed by atoms with van der Waals surface area (Å²) in [6, 6.07) is 7.47. The van der Waals surface area contributed by atoms with Gasteiger partial charge in [0, 0.05) is 28.1 Å². The molecule has 1 aliphatic rings. The van der Waals surface area contributed by atoms with Crippen LogP contribution in [0, 0.1) is 5.82 Å². The summed E-state index contributed by atoms with van der Waals surface area (Å²) in [5.41, 5.74) is 1.07. The summed E-state index contributed by atoms with van der Waals surface area (Å²) in [5, 5.41) is 7.97. The third-order valence-corrected chi connectivity index (χ3v) is 6.00. The Kier molecular flexibility index (Phi) is 4.85. The van der Waals surface area contributed by atoms with Gasteiger partial charge in [0.25, 0.3) is 5.78 Å². The van der Waals surface area contributed by atoms with E-state index in [4.69, 9.17) is 11.6 Å².